The van der Waals surface area contributed by atoms with E-state index in [-0.39, 0.29) is 31.7 Å². The molecule has 0 spiro atoms. The van der Waals surface area contributed by atoms with Crippen molar-refractivity contribution < 1.29 is 19.4 Å². The van der Waals surface area contributed by atoms with Crippen LogP contribution < -0.4 is 16.0 Å². The van der Waals surface area contributed by atoms with Gasteiger partial charge >= 0.3 is 5.69 Å². The third-order valence-corrected chi connectivity index (χ3v) is 8.21. The lowest BCUT2D eigenvalue weighted by Crippen LogP contribution is -2.47. The molecular formula is C27H34N6O6S. The summed E-state index contributed by atoms with van der Waals surface area (Å²) in [6, 6.07) is 6.06. The standard InChI is InChI=1S/C27H34N6O6S/c1-16(2)30(5)23(35)18(4)32-24(36)22-17(3)25(33-28-11-12-29-33)40-26(22)31(27(32)37)15-21(39-14-13-34)19-9-7-8-10-20(19)38-6/h7-12,16,18,21,34H,13-15H2,1-6H3/t18-,21-/m0/s1. The second-order valence-electron chi connectivity index (χ2n) is 9.64. The van der Waals surface area contributed by atoms with Crippen LogP contribution in [-0.2, 0) is 16.1 Å². The highest BCUT2D eigenvalue weighted by molar-refractivity contribution is 7.21. The zero-order valence-electron chi connectivity index (χ0n) is 23.4. The average Bonchev–Trinajstić information content (AvgIpc) is 3.60. The number of aliphatic hydroxyl groups excluding tert-OH is 1. The second kappa shape index (κ2) is 12.1. The number of aryl methyl sites for hydroxylation is 1. The summed E-state index contributed by atoms with van der Waals surface area (Å²) >= 11 is 1.20. The van der Waals surface area contributed by atoms with Crippen molar-refractivity contribution >= 4 is 27.5 Å². The molecule has 0 saturated heterocycles. The molecule has 4 aromatic rings. The lowest BCUT2D eigenvalue weighted by molar-refractivity contribution is -0.134. The van der Waals surface area contributed by atoms with Crippen LogP contribution in [-0.4, -0.2) is 73.5 Å². The van der Waals surface area contributed by atoms with Crippen LogP contribution in [0.15, 0.2) is 46.2 Å². The molecule has 2 atom stereocenters. The molecule has 12 nitrogen and oxygen atoms in total. The van der Waals surface area contributed by atoms with Gasteiger partial charge in [-0.1, -0.05) is 29.5 Å². The van der Waals surface area contributed by atoms with Crippen LogP contribution in [0.4, 0.5) is 0 Å². The normalized spacial score (nSPS) is 13.1. The number of aromatic nitrogens is 5. The van der Waals surface area contributed by atoms with E-state index in [4.69, 9.17) is 9.47 Å². The topological polar surface area (TPSA) is 134 Å². The number of hydrogen-bond donors (Lipinski definition) is 1. The number of para-hydroxylation sites is 1. The minimum absolute atomic E-state index is 0.0111. The highest BCUT2D eigenvalue weighted by atomic mass is 32.1. The van der Waals surface area contributed by atoms with Gasteiger partial charge in [-0.05, 0) is 33.8 Å². The van der Waals surface area contributed by atoms with E-state index in [0.29, 0.717) is 32.1 Å². The van der Waals surface area contributed by atoms with Gasteiger partial charge in [-0.25, -0.2) is 9.36 Å². The summed E-state index contributed by atoms with van der Waals surface area (Å²) in [5.41, 5.74) is 0.0450. The Morgan fingerprint density at radius 1 is 1.15 bits per heavy atom. The number of fused-ring (bicyclic) bond motifs is 1. The first kappa shape index (κ1) is 29.2. The fraction of sp³-hybridized carbons (Fsp3) is 0.444. The van der Waals surface area contributed by atoms with Gasteiger partial charge in [0.1, 0.15) is 27.7 Å². The molecule has 4 rings (SSSR count). The van der Waals surface area contributed by atoms with E-state index < -0.39 is 23.4 Å². The van der Waals surface area contributed by atoms with Crippen LogP contribution in [0.1, 0.15) is 44.0 Å². The number of aliphatic hydroxyl groups is 1. The van der Waals surface area contributed by atoms with Gasteiger partial charge in [0, 0.05) is 24.2 Å². The molecule has 214 valence electrons. The minimum Gasteiger partial charge on any atom is -0.496 e. The molecule has 0 bridgehead atoms. The number of likely N-dealkylation sites (N-methyl/N-ethyl adjacent to an activating group) is 1. The maximum atomic E-state index is 14.1. The van der Waals surface area contributed by atoms with Crippen molar-refractivity contribution in [2.24, 2.45) is 0 Å². The van der Waals surface area contributed by atoms with E-state index in [1.807, 2.05) is 32.0 Å². The minimum atomic E-state index is -1.06. The Balaban J connectivity index is 1.99. The Kier molecular flexibility index (Phi) is 8.86. The fourth-order valence-corrected chi connectivity index (χ4v) is 5.78. The van der Waals surface area contributed by atoms with Gasteiger partial charge in [-0.2, -0.15) is 10.2 Å². The molecule has 1 amide bonds. The number of carbonyl (C=O) groups is 1. The first-order valence-corrected chi connectivity index (χ1v) is 13.7. The number of amides is 1. The number of benzene rings is 1. The van der Waals surface area contributed by atoms with Crippen molar-refractivity contribution in [3.63, 3.8) is 0 Å². The van der Waals surface area contributed by atoms with Crippen LogP contribution in [0.2, 0.25) is 0 Å². The summed E-state index contributed by atoms with van der Waals surface area (Å²) in [7, 11) is 3.18. The van der Waals surface area contributed by atoms with Crippen molar-refractivity contribution in [3.05, 3.63) is 68.6 Å². The predicted molar refractivity (Wildman–Crippen MR) is 151 cm³/mol. The molecule has 0 aliphatic heterocycles. The van der Waals surface area contributed by atoms with Gasteiger partial charge < -0.3 is 19.5 Å². The lowest BCUT2D eigenvalue weighted by Gasteiger charge is -2.27. The predicted octanol–water partition coefficient (Wildman–Crippen LogP) is 2.30. The van der Waals surface area contributed by atoms with Crippen LogP contribution in [0, 0.1) is 6.92 Å². The monoisotopic (exact) mass is 570 g/mol. The van der Waals surface area contributed by atoms with Gasteiger partial charge in [0.2, 0.25) is 5.91 Å². The summed E-state index contributed by atoms with van der Waals surface area (Å²) in [6.07, 6.45) is 2.34. The summed E-state index contributed by atoms with van der Waals surface area (Å²) in [5, 5.41) is 18.8. The Morgan fingerprint density at radius 3 is 2.45 bits per heavy atom. The van der Waals surface area contributed by atoms with Crippen molar-refractivity contribution in [2.45, 2.75) is 52.4 Å². The number of ether oxygens (including phenoxy) is 2. The third-order valence-electron chi connectivity index (χ3n) is 6.93. The van der Waals surface area contributed by atoms with Crippen LogP contribution in [0.3, 0.4) is 0 Å². The molecule has 0 aliphatic rings. The maximum absolute atomic E-state index is 14.1. The van der Waals surface area contributed by atoms with Crippen molar-refractivity contribution in [2.75, 3.05) is 27.4 Å². The van der Waals surface area contributed by atoms with Crippen LogP contribution in [0.25, 0.3) is 15.2 Å². The molecule has 0 aliphatic carbocycles. The maximum Gasteiger partial charge on any atom is 0.332 e. The quantitative estimate of drug-likeness (QED) is 0.290. The molecule has 1 N–H and O–H groups in total. The number of hydrogen-bond acceptors (Lipinski definition) is 9. The zero-order valence-corrected chi connectivity index (χ0v) is 24.2. The van der Waals surface area contributed by atoms with Gasteiger partial charge in [0.15, 0.2) is 0 Å². The number of methoxy groups -OCH3 is 1. The number of thiophene rings is 1. The van der Waals surface area contributed by atoms with Crippen molar-refractivity contribution in [3.8, 4) is 10.8 Å². The summed E-state index contributed by atoms with van der Waals surface area (Å²) in [5.74, 6) is 0.189. The highest BCUT2D eigenvalue weighted by Gasteiger charge is 2.30. The molecule has 40 heavy (non-hydrogen) atoms. The Morgan fingerprint density at radius 2 is 1.82 bits per heavy atom. The zero-order chi connectivity index (χ0) is 29.1. The Labute approximate surface area is 235 Å². The SMILES string of the molecule is COc1ccccc1[C@H](Cn1c(=O)n([C@@H](C)C(=O)N(C)C(C)C)c(=O)c2c(C)c(-n3nccn3)sc21)OCCO. The first-order valence-electron chi connectivity index (χ1n) is 12.9. The van der Waals surface area contributed by atoms with E-state index in [0.717, 1.165) is 4.57 Å². The van der Waals surface area contributed by atoms with E-state index in [9.17, 15) is 19.5 Å². The smallest absolute Gasteiger partial charge is 0.332 e. The number of nitrogens with zero attached hydrogens (tertiary/aromatic N) is 6. The number of carbonyl (C=O) groups excluding carboxylic acids is 1. The van der Waals surface area contributed by atoms with Gasteiger partial charge in [-0.3, -0.25) is 14.2 Å². The molecule has 13 heteroatoms. The second-order valence-corrected chi connectivity index (χ2v) is 10.6. The van der Waals surface area contributed by atoms with Crippen LogP contribution >= 0.6 is 11.3 Å². The van der Waals surface area contributed by atoms with E-state index in [1.54, 1.807) is 27.0 Å². The molecular weight excluding hydrogens is 536 g/mol. The molecule has 3 heterocycles. The average molecular weight is 571 g/mol. The molecule has 0 unspecified atom stereocenters. The van der Waals surface area contributed by atoms with Gasteiger partial charge in [0.25, 0.3) is 5.56 Å². The van der Waals surface area contributed by atoms with Crippen molar-refractivity contribution in [1.29, 1.82) is 0 Å². The van der Waals surface area contributed by atoms with E-state index in [1.165, 1.54) is 45.1 Å². The first-order chi connectivity index (χ1) is 19.1. The molecule has 0 saturated carbocycles. The molecule has 0 radical (unpaired) electrons. The molecule has 0 fully saturated rings. The van der Waals surface area contributed by atoms with Crippen molar-refractivity contribution in [1.82, 2.24) is 29.0 Å². The number of rotatable bonds is 11. The van der Waals surface area contributed by atoms with E-state index >= 15 is 0 Å². The van der Waals surface area contributed by atoms with Gasteiger partial charge in [-0.15, -0.1) is 4.80 Å². The Bertz CT molecular complexity index is 1610. The van der Waals surface area contributed by atoms with Gasteiger partial charge in [0.05, 0.1) is 44.6 Å². The summed E-state index contributed by atoms with van der Waals surface area (Å²) in [6.45, 7) is 6.82. The van der Waals surface area contributed by atoms with E-state index in [2.05, 4.69) is 10.2 Å². The lowest BCUT2D eigenvalue weighted by atomic mass is 10.1. The highest BCUT2D eigenvalue weighted by Crippen LogP contribution is 2.33. The van der Waals surface area contributed by atoms with Crippen LogP contribution in [0.5, 0.6) is 5.75 Å². The summed E-state index contributed by atoms with van der Waals surface area (Å²) < 4.78 is 14.0. The molecule has 1 aromatic carbocycles. The largest absolute Gasteiger partial charge is 0.496 e. The summed E-state index contributed by atoms with van der Waals surface area (Å²) in [4.78, 5) is 44.7. The Hall–Kier alpha value is -3.81. The third kappa shape index (κ3) is 5.31. The molecule has 3 aromatic heterocycles. The fourth-order valence-electron chi connectivity index (χ4n) is 4.56.